The van der Waals surface area contributed by atoms with E-state index in [1.165, 1.54) is 7.11 Å². The Kier molecular flexibility index (Phi) is 6.60. The van der Waals surface area contributed by atoms with Crippen LogP contribution in [0.2, 0.25) is 5.02 Å². The van der Waals surface area contributed by atoms with Crippen LogP contribution < -0.4 is 15.4 Å². The van der Waals surface area contributed by atoms with Crippen molar-refractivity contribution in [2.24, 2.45) is 7.05 Å². The van der Waals surface area contributed by atoms with Gasteiger partial charge >= 0.3 is 0 Å². The molecule has 0 aliphatic heterocycles. The number of carbonyl (C=O) groups is 2. The van der Waals surface area contributed by atoms with Crippen LogP contribution in [-0.4, -0.2) is 35.0 Å². The Morgan fingerprint density at radius 2 is 1.73 bits per heavy atom. The quantitative estimate of drug-likeness (QED) is 0.424. The third-order valence-corrected chi connectivity index (χ3v) is 5.67. The summed E-state index contributed by atoms with van der Waals surface area (Å²) in [4.78, 5) is 29.7. The number of hydrogen-bond acceptors (Lipinski definition) is 4. The van der Waals surface area contributed by atoms with E-state index in [1.54, 1.807) is 42.5 Å². The van der Waals surface area contributed by atoms with Crippen molar-refractivity contribution in [2.75, 3.05) is 19.0 Å². The second-order valence-corrected chi connectivity index (χ2v) is 7.84. The summed E-state index contributed by atoms with van der Waals surface area (Å²) in [6, 6.07) is 19.5. The van der Waals surface area contributed by atoms with Crippen LogP contribution in [0, 0.1) is 0 Å². The molecule has 2 N–H and O–H groups in total. The Morgan fingerprint density at radius 1 is 1.00 bits per heavy atom. The predicted octanol–water partition coefficient (Wildman–Crippen LogP) is 4.46. The highest BCUT2D eigenvalue weighted by molar-refractivity contribution is 6.34. The number of aromatic nitrogens is 2. The van der Waals surface area contributed by atoms with E-state index < -0.39 is 0 Å². The molecule has 0 bridgehead atoms. The van der Waals surface area contributed by atoms with Crippen molar-refractivity contribution < 1.29 is 14.3 Å². The first kappa shape index (κ1) is 22.4. The van der Waals surface area contributed by atoms with Crippen LogP contribution in [0.4, 0.5) is 5.69 Å². The molecule has 4 aromatic rings. The lowest BCUT2D eigenvalue weighted by atomic mass is 10.2. The fourth-order valence-corrected chi connectivity index (χ4v) is 3.83. The molecule has 0 atom stereocenters. The van der Waals surface area contributed by atoms with Crippen molar-refractivity contribution in [3.05, 3.63) is 88.7 Å². The third kappa shape index (κ3) is 4.83. The Labute approximate surface area is 196 Å². The minimum Gasteiger partial charge on any atom is -0.496 e. The standard InChI is InChI=1S/C25H23ClN4O3/c1-30-21-12-11-16(28-25(32)17-7-3-5-9-19(17)26)15-20(21)29-23(30)13-14-27-24(31)18-8-4-6-10-22(18)33-2/h3-12,15H,13-14H2,1-2H3,(H,27,31)(H,28,32). The SMILES string of the molecule is COc1ccccc1C(=O)NCCc1nc2cc(NC(=O)c3ccccc3Cl)ccc2n1C. The molecule has 3 aromatic carbocycles. The lowest BCUT2D eigenvalue weighted by Crippen LogP contribution is -2.26. The summed E-state index contributed by atoms with van der Waals surface area (Å²) >= 11 is 6.12. The zero-order valence-corrected chi connectivity index (χ0v) is 19.0. The van der Waals surface area contributed by atoms with E-state index >= 15 is 0 Å². The van der Waals surface area contributed by atoms with E-state index in [0.717, 1.165) is 16.9 Å². The van der Waals surface area contributed by atoms with Crippen LogP contribution in [0.15, 0.2) is 66.7 Å². The summed E-state index contributed by atoms with van der Waals surface area (Å²) in [5.41, 5.74) is 3.20. The average Bonchev–Trinajstić information content (AvgIpc) is 3.13. The van der Waals surface area contributed by atoms with Crippen molar-refractivity contribution in [1.82, 2.24) is 14.9 Å². The van der Waals surface area contributed by atoms with Crippen LogP contribution in [0.3, 0.4) is 0 Å². The van der Waals surface area contributed by atoms with E-state index in [-0.39, 0.29) is 11.8 Å². The van der Waals surface area contributed by atoms with Gasteiger partial charge in [0, 0.05) is 25.7 Å². The third-order valence-electron chi connectivity index (χ3n) is 5.34. The highest BCUT2D eigenvalue weighted by Crippen LogP contribution is 2.22. The highest BCUT2D eigenvalue weighted by Gasteiger charge is 2.14. The number of ether oxygens (including phenoxy) is 1. The molecular formula is C25H23ClN4O3. The number of hydrogen-bond donors (Lipinski definition) is 2. The number of imidazole rings is 1. The lowest BCUT2D eigenvalue weighted by molar-refractivity contribution is 0.0950. The number of para-hydroxylation sites is 1. The van der Waals surface area contributed by atoms with Crippen LogP contribution in [0.1, 0.15) is 26.5 Å². The summed E-state index contributed by atoms with van der Waals surface area (Å²) in [7, 11) is 3.46. The first-order valence-electron chi connectivity index (χ1n) is 10.4. The van der Waals surface area contributed by atoms with Gasteiger partial charge in [0.15, 0.2) is 0 Å². The van der Waals surface area contributed by atoms with E-state index in [2.05, 4.69) is 15.6 Å². The van der Waals surface area contributed by atoms with E-state index in [4.69, 9.17) is 16.3 Å². The van der Waals surface area contributed by atoms with Gasteiger partial charge in [0.05, 0.1) is 34.3 Å². The van der Waals surface area contributed by atoms with Gasteiger partial charge in [-0.3, -0.25) is 9.59 Å². The maximum absolute atomic E-state index is 12.5. The maximum Gasteiger partial charge on any atom is 0.257 e. The number of carbonyl (C=O) groups excluding carboxylic acids is 2. The van der Waals surface area contributed by atoms with Gasteiger partial charge in [-0.2, -0.15) is 0 Å². The number of aryl methyl sites for hydroxylation is 1. The average molecular weight is 463 g/mol. The second-order valence-electron chi connectivity index (χ2n) is 7.43. The summed E-state index contributed by atoms with van der Waals surface area (Å²) in [6.45, 7) is 0.421. The Hall–Kier alpha value is -3.84. The summed E-state index contributed by atoms with van der Waals surface area (Å²) in [5, 5.41) is 6.17. The number of benzene rings is 3. The Bertz CT molecular complexity index is 1330. The number of amides is 2. The molecule has 1 aromatic heterocycles. The molecule has 0 aliphatic rings. The molecule has 0 unspecified atom stereocenters. The smallest absolute Gasteiger partial charge is 0.257 e. The fourth-order valence-electron chi connectivity index (χ4n) is 3.61. The molecule has 0 spiro atoms. The molecule has 2 amide bonds. The summed E-state index contributed by atoms with van der Waals surface area (Å²) in [5.74, 6) is 0.870. The van der Waals surface area contributed by atoms with Crippen LogP contribution in [0.5, 0.6) is 5.75 Å². The van der Waals surface area contributed by atoms with Gasteiger partial charge in [-0.1, -0.05) is 35.9 Å². The Morgan fingerprint density at radius 3 is 2.48 bits per heavy atom. The van der Waals surface area contributed by atoms with Gasteiger partial charge in [-0.15, -0.1) is 0 Å². The fraction of sp³-hybridized carbons (Fsp3) is 0.160. The van der Waals surface area contributed by atoms with E-state index in [1.807, 2.05) is 35.9 Å². The van der Waals surface area contributed by atoms with Gasteiger partial charge < -0.3 is 19.9 Å². The molecule has 4 rings (SSSR count). The monoisotopic (exact) mass is 462 g/mol. The van der Waals surface area contributed by atoms with Crippen molar-refractivity contribution in [3.8, 4) is 5.75 Å². The second kappa shape index (κ2) is 9.75. The summed E-state index contributed by atoms with van der Waals surface area (Å²) in [6.07, 6.45) is 0.549. The van der Waals surface area contributed by atoms with Gasteiger partial charge in [0.25, 0.3) is 11.8 Å². The van der Waals surface area contributed by atoms with Crippen LogP contribution in [-0.2, 0) is 13.5 Å². The van der Waals surface area contributed by atoms with Gasteiger partial charge in [-0.05, 0) is 42.5 Å². The van der Waals surface area contributed by atoms with Crippen molar-refractivity contribution >= 4 is 40.1 Å². The van der Waals surface area contributed by atoms with Crippen LogP contribution >= 0.6 is 11.6 Å². The molecule has 1 heterocycles. The minimum atomic E-state index is -0.282. The largest absolute Gasteiger partial charge is 0.496 e. The van der Waals surface area contributed by atoms with Crippen molar-refractivity contribution in [1.29, 1.82) is 0 Å². The molecule has 0 radical (unpaired) electrons. The molecule has 8 heteroatoms. The topological polar surface area (TPSA) is 85.2 Å². The Balaban J connectivity index is 1.44. The van der Waals surface area contributed by atoms with Gasteiger partial charge in [0.1, 0.15) is 11.6 Å². The molecule has 0 saturated heterocycles. The number of methoxy groups -OCH3 is 1. The number of anilines is 1. The van der Waals surface area contributed by atoms with E-state index in [9.17, 15) is 9.59 Å². The minimum absolute atomic E-state index is 0.198. The number of nitrogens with zero attached hydrogens (tertiary/aromatic N) is 2. The van der Waals surface area contributed by atoms with Gasteiger partial charge in [0.2, 0.25) is 0 Å². The predicted molar refractivity (Wildman–Crippen MR) is 129 cm³/mol. The number of nitrogens with one attached hydrogen (secondary N) is 2. The first-order chi connectivity index (χ1) is 16.0. The number of rotatable bonds is 7. The highest BCUT2D eigenvalue weighted by atomic mass is 35.5. The van der Waals surface area contributed by atoms with Gasteiger partial charge in [-0.25, -0.2) is 4.98 Å². The molecule has 0 fully saturated rings. The zero-order valence-electron chi connectivity index (χ0n) is 18.3. The number of halogens is 1. The zero-order chi connectivity index (χ0) is 23.4. The molecular weight excluding hydrogens is 440 g/mol. The van der Waals surface area contributed by atoms with E-state index in [0.29, 0.717) is 40.6 Å². The van der Waals surface area contributed by atoms with Crippen molar-refractivity contribution in [3.63, 3.8) is 0 Å². The van der Waals surface area contributed by atoms with Crippen LogP contribution in [0.25, 0.3) is 11.0 Å². The molecule has 0 aliphatic carbocycles. The molecule has 33 heavy (non-hydrogen) atoms. The number of fused-ring (bicyclic) bond motifs is 1. The molecule has 7 nitrogen and oxygen atoms in total. The molecule has 0 saturated carbocycles. The normalized spacial score (nSPS) is 10.8. The lowest BCUT2D eigenvalue weighted by Gasteiger charge is -2.09. The summed E-state index contributed by atoms with van der Waals surface area (Å²) < 4.78 is 7.23. The van der Waals surface area contributed by atoms with Crippen molar-refractivity contribution in [2.45, 2.75) is 6.42 Å². The molecule has 168 valence electrons. The first-order valence-corrected chi connectivity index (χ1v) is 10.8. The maximum atomic E-state index is 12.5.